The molecule has 0 spiro atoms. The quantitative estimate of drug-likeness (QED) is 0.750. The molecule has 0 aliphatic rings. The molecular formula is C11H20N2O. The van der Waals surface area contributed by atoms with Gasteiger partial charge < -0.3 is 10.3 Å². The lowest BCUT2D eigenvalue weighted by Crippen LogP contribution is -2.31. The van der Waals surface area contributed by atoms with Crippen molar-refractivity contribution in [1.82, 2.24) is 5.16 Å². The van der Waals surface area contributed by atoms with Gasteiger partial charge in [0.15, 0.2) is 5.76 Å². The lowest BCUT2D eigenvalue weighted by molar-refractivity contribution is 0.313. The van der Waals surface area contributed by atoms with Crippen LogP contribution in [-0.4, -0.2) is 5.16 Å². The van der Waals surface area contributed by atoms with Gasteiger partial charge in [-0.25, -0.2) is 0 Å². The van der Waals surface area contributed by atoms with Crippen LogP contribution in [0.15, 0.2) is 4.52 Å². The van der Waals surface area contributed by atoms with Gasteiger partial charge in [-0.1, -0.05) is 25.9 Å². The average Bonchev–Trinajstić information content (AvgIpc) is 2.27. The monoisotopic (exact) mass is 196 g/mol. The van der Waals surface area contributed by atoms with Gasteiger partial charge in [0, 0.05) is 5.56 Å². The van der Waals surface area contributed by atoms with E-state index >= 15 is 0 Å². The van der Waals surface area contributed by atoms with Crippen LogP contribution in [0.4, 0.5) is 0 Å². The van der Waals surface area contributed by atoms with E-state index in [0.717, 1.165) is 17.0 Å². The molecule has 0 amide bonds. The molecule has 3 nitrogen and oxygen atoms in total. The molecule has 0 atom stereocenters. The molecule has 1 rings (SSSR count). The second-order valence-corrected chi connectivity index (χ2v) is 5.44. The van der Waals surface area contributed by atoms with Crippen LogP contribution in [-0.2, 0) is 11.0 Å². The van der Waals surface area contributed by atoms with Crippen molar-refractivity contribution < 1.29 is 4.52 Å². The fraction of sp³-hybridized carbons (Fsp3) is 0.727. The van der Waals surface area contributed by atoms with Gasteiger partial charge in [-0.05, 0) is 26.2 Å². The van der Waals surface area contributed by atoms with Crippen LogP contribution >= 0.6 is 0 Å². The van der Waals surface area contributed by atoms with Gasteiger partial charge >= 0.3 is 0 Å². The molecule has 80 valence electrons. The van der Waals surface area contributed by atoms with Gasteiger partial charge in [0.05, 0.1) is 11.2 Å². The Labute approximate surface area is 85.7 Å². The summed E-state index contributed by atoms with van der Waals surface area (Å²) < 4.78 is 5.31. The second-order valence-electron chi connectivity index (χ2n) is 5.44. The summed E-state index contributed by atoms with van der Waals surface area (Å²) in [5.74, 6) is 0.794. The molecule has 0 fully saturated rings. The van der Waals surface area contributed by atoms with Gasteiger partial charge in [-0.15, -0.1) is 0 Å². The van der Waals surface area contributed by atoms with Gasteiger partial charge in [0.25, 0.3) is 0 Å². The molecule has 2 N–H and O–H groups in total. The first kappa shape index (κ1) is 11.2. The predicted molar refractivity (Wildman–Crippen MR) is 57.2 cm³/mol. The Morgan fingerprint density at radius 2 is 1.64 bits per heavy atom. The zero-order valence-corrected chi connectivity index (χ0v) is 9.93. The van der Waals surface area contributed by atoms with Crippen molar-refractivity contribution in [3.05, 3.63) is 17.0 Å². The molecular weight excluding hydrogens is 176 g/mol. The lowest BCUT2D eigenvalue weighted by atomic mass is 9.82. The fourth-order valence-corrected chi connectivity index (χ4v) is 1.69. The number of nitrogens with zero attached hydrogens (tertiary/aromatic N) is 1. The zero-order chi connectivity index (χ0) is 11.1. The van der Waals surface area contributed by atoms with Crippen molar-refractivity contribution >= 4 is 0 Å². The first-order valence-electron chi connectivity index (χ1n) is 4.90. The zero-order valence-electron chi connectivity index (χ0n) is 9.93. The number of hydrogen-bond donors (Lipinski definition) is 1. The first-order chi connectivity index (χ1) is 6.14. The number of nitrogens with two attached hydrogens (primary N) is 1. The minimum Gasteiger partial charge on any atom is -0.359 e. The van der Waals surface area contributed by atoms with Crippen molar-refractivity contribution in [3.8, 4) is 0 Å². The average molecular weight is 196 g/mol. The summed E-state index contributed by atoms with van der Waals surface area (Å²) in [6, 6.07) is 0. The van der Waals surface area contributed by atoms with Gasteiger partial charge in [0.1, 0.15) is 0 Å². The van der Waals surface area contributed by atoms with E-state index in [1.807, 2.05) is 20.8 Å². The van der Waals surface area contributed by atoms with Crippen LogP contribution in [0.1, 0.15) is 51.6 Å². The molecule has 0 saturated heterocycles. The van der Waals surface area contributed by atoms with Gasteiger partial charge in [-0.2, -0.15) is 0 Å². The number of hydrogen-bond acceptors (Lipinski definition) is 3. The topological polar surface area (TPSA) is 52.0 Å². The van der Waals surface area contributed by atoms with E-state index in [1.54, 1.807) is 0 Å². The molecule has 0 aliphatic heterocycles. The van der Waals surface area contributed by atoms with Crippen molar-refractivity contribution in [2.45, 2.75) is 52.5 Å². The molecule has 1 aromatic rings. The number of aryl methyl sites for hydroxylation is 1. The summed E-state index contributed by atoms with van der Waals surface area (Å²) in [4.78, 5) is 0. The maximum Gasteiger partial charge on any atom is 0.159 e. The minimum atomic E-state index is -0.468. The summed E-state index contributed by atoms with van der Waals surface area (Å²) in [7, 11) is 0. The summed E-state index contributed by atoms with van der Waals surface area (Å²) in [5, 5.41) is 3.99. The fourth-order valence-electron chi connectivity index (χ4n) is 1.69. The normalized spacial score (nSPS) is 13.4. The SMILES string of the molecule is Cc1noc(C(C)(C)N)c1C(C)(C)C. The van der Waals surface area contributed by atoms with Crippen molar-refractivity contribution in [3.63, 3.8) is 0 Å². The molecule has 14 heavy (non-hydrogen) atoms. The second kappa shape index (κ2) is 3.09. The Balaban J connectivity index is 3.35. The maximum atomic E-state index is 6.03. The van der Waals surface area contributed by atoms with Gasteiger partial charge in [0.2, 0.25) is 0 Å². The lowest BCUT2D eigenvalue weighted by Gasteiger charge is -2.24. The van der Waals surface area contributed by atoms with E-state index in [9.17, 15) is 0 Å². The van der Waals surface area contributed by atoms with E-state index in [0.29, 0.717) is 0 Å². The minimum absolute atomic E-state index is 0.0239. The third kappa shape index (κ3) is 1.98. The van der Waals surface area contributed by atoms with Crippen LogP contribution in [0.5, 0.6) is 0 Å². The molecule has 3 heteroatoms. The Kier molecular flexibility index (Phi) is 2.48. The van der Waals surface area contributed by atoms with Gasteiger partial charge in [-0.3, -0.25) is 0 Å². The third-order valence-electron chi connectivity index (χ3n) is 2.20. The molecule has 0 aromatic carbocycles. The molecule has 1 heterocycles. The van der Waals surface area contributed by atoms with E-state index in [1.165, 1.54) is 0 Å². The first-order valence-corrected chi connectivity index (χ1v) is 4.90. The highest BCUT2D eigenvalue weighted by atomic mass is 16.5. The summed E-state index contributed by atoms with van der Waals surface area (Å²) in [6.07, 6.45) is 0. The van der Waals surface area contributed by atoms with Crippen LogP contribution in [0.3, 0.4) is 0 Å². The maximum absolute atomic E-state index is 6.03. The summed E-state index contributed by atoms with van der Waals surface area (Å²) >= 11 is 0. The Morgan fingerprint density at radius 1 is 1.14 bits per heavy atom. The van der Waals surface area contributed by atoms with Crippen molar-refractivity contribution in [1.29, 1.82) is 0 Å². The smallest absolute Gasteiger partial charge is 0.159 e. The highest BCUT2D eigenvalue weighted by Gasteiger charge is 2.31. The van der Waals surface area contributed by atoms with E-state index in [4.69, 9.17) is 10.3 Å². The van der Waals surface area contributed by atoms with Crippen molar-refractivity contribution in [2.75, 3.05) is 0 Å². The highest BCUT2D eigenvalue weighted by molar-refractivity contribution is 5.33. The predicted octanol–water partition coefficient (Wildman–Crippen LogP) is 2.47. The largest absolute Gasteiger partial charge is 0.359 e. The number of rotatable bonds is 1. The Bertz CT molecular complexity index is 326. The highest BCUT2D eigenvalue weighted by Crippen LogP contribution is 2.33. The molecule has 1 aromatic heterocycles. The molecule has 0 radical (unpaired) electrons. The standard InChI is InChI=1S/C11H20N2O/c1-7-8(10(2,3)4)9(14-13-7)11(5,6)12/h12H2,1-6H3. The van der Waals surface area contributed by atoms with Crippen LogP contribution in [0, 0.1) is 6.92 Å². The molecule has 0 bridgehead atoms. The molecule has 0 unspecified atom stereocenters. The van der Waals surface area contributed by atoms with Crippen LogP contribution in [0.25, 0.3) is 0 Å². The summed E-state index contributed by atoms with van der Waals surface area (Å²) in [5.41, 5.74) is 7.66. The molecule has 0 aliphatic carbocycles. The number of aromatic nitrogens is 1. The van der Waals surface area contributed by atoms with E-state index in [2.05, 4.69) is 25.9 Å². The molecule has 0 saturated carbocycles. The van der Waals surface area contributed by atoms with Crippen molar-refractivity contribution in [2.24, 2.45) is 5.73 Å². The van der Waals surface area contributed by atoms with E-state index in [-0.39, 0.29) is 5.41 Å². The summed E-state index contributed by atoms with van der Waals surface area (Å²) in [6.45, 7) is 12.2. The van der Waals surface area contributed by atoms with Crippen LogP contribution in [0.2, 0.25) is 0 Å². The van der Waals surface area contributed by atoms with E-state index < -0.39 is 5.54 Å². The third-order valence-corrected chi connectivity index (χ3v) is 2.20. The Hall–Kier alpha value is -0.830. The van der Waals surface area contributed by atoms with Crippen LogP contribution < -0.4 is 5.73 Å². The Morgan fingerprint density at radius 3 is 1.93 bits per heavy atom.